The molecule has 16 heavy (non-hydrogen) atoms. The Labute approximate surface area is 97.0 Å². The van der Waals surface area contributed by atoms with Crippen molar-refractivity contribution in [2.75, 3.05) is 11.9 Å². The molecular weight excluding hydrogens is 200 g/mol. The van der Waals surface area contributed by atoms with Gasteiger partial charge in [-0.15, -0.1) is 0 Å². The molecule has 3 nitrogen and oxygen atoms in total. The summed E-state index contributed by atoms with van der Waals surface area (Å²) in [6, 6.07) is 6.24. The van der Waals surface area contributed by atoms with Crippen LogP contribution < -0.4 is 11.1 Å². The SMILES string of the molecule is Cc1cccc(C(C)C)c1NCCC(N)=O. The quantitative estimate of drug-likeness (QED) is 0.800. The van der Waals surface area contributed by atoms with E-state index in [-0.39, 0.29) is 5.91 Å². The molecule has 0 atom stereocenters. The van der Waals surface area contributed by atoms with Gasteiger partial charge in [0.25, 0.3) is 0 Å². The van der Waals surface area contributed by atoms with E-state index in [0.29, 0.717) is 18.9 Å². The lowest BCUT2D eigenvalue weighted by molar-refractivity contribution is -0.117. The maximum atomic E-state index is 10.7. The largest absolute Gasteiger partial charge is 0.384 e. The first-order valence-corrected chi connectivity index (χ1v) is 5.64. The minimum atomic E-state index is -0.271. The molecule has 0 radical (unpaired) electrons. The molecule has 1 aromatic carbocycles. The zero-order chi connectivity index (χ0) is 12.1. The van der Waals surface area contributed by atoms with Gasteiger partial charge in [0.2, 0.25) is 5.91 Å². The van der Waals surface area contributed by atoms with Crippen LogP contribution in [0.2, 0.25) is 0 Å². The van der Waals surface area contributed by atoms with Crippen LogP contribution in [0.15, 0.2) is 18.2 Å². The van der Waals surface area contributed by atoms with Gasteiger partial charge in [0, 0.05) is 18.7 Å². The number of carbonyl (C=O) groups excluding carboxylic acids is 1. The van der Waals surface area contributed by atoms with Crippen molar-refractivity contribution in [2.24, 2.45) is 5.73 Å². The standard InChI is InChI=1S/C13H20N2O/c1-9(2)11-6-4-5-10(3)13(11)15-8-7-12(14)16/h4-6,9,15H,7-8H2,1-3H3,(H2,14,16). The maximum absolute atomic E-state index is 10.7. The number of para-hydroxylation sites is 1. The van der Waals surface area contributed by atoms with Crippen molar-refractivity contribution in [3.8, 4) is 0 Å². The first kappa shape index (κ1) is 12.6. The van der Waals surface area contributed by atoms with Crippen molar-refractivity contribution in [3.05, 3.63) is 29.3 Å². The summed E-state index contributed by atoms with van der Waals surface area (Å²) in [6.07, 6.45) is 0.367. The molecule has 3 N–H and O–H groups in total. The number of aryl methyl sites for hydroxylation is 1. The third-order valence-corrected chi connectivity index (χ3v) is 2.60. The number of rotatable bonds is 5. The number of nitrogens with one attached hydrogen (secondary N) is 1. The molecule has 1 aromatic rings. The Morgan fingerprint density at radius 1 is 1.44 bits per heavy atom. The zero-order valence-electron chi connectivity index (χ0n) is 10.2. The molecule has 88 valence electrons. The van der Waals surface area contributed by atoms with Gasteiger partial charge < -0.3 is 11.1 Å². The van der Waals surface area contributed by atoms with Crippen molar-refractivity contribution < 1.29 is 4.79 Å². The van der Waals surface area contributed by atoms with Gasteiger partial charge in [-0.05, 0) is 24.0 Å². The number of primary amides is 1. The van der Waals surface area contributed by atoms with Crippen LogP contribution in [0.3, 0.4) is 0 Å². The van der Waals surface area contributed by atoms with Crippen LogP contribution in [0.25, 0.3) is 0 Å². The molecule has 0 bridgehead atoms. The van der Waals surface area contributed by atoms with E-state index in [1.54, 1.807) is 0 Å². The molecule has 0 aliphatic heterocycles. The predicted octanol–water partition coefficient (Wildman–Crippen LogP) is 2.41. The van der Waals surface area contributed by atoms with Gasteiger partial charge in [0.05, 0.1) is 0 Å². The summed E-state index contributed by atoms with van der Waals surface area (Å²) in [7, 11) is 0. The summed E-state index contributed by atoms with van der Waals surface area (Å²) in [5.41, 5.74) is 8.74. The number of anilines is 1. The first-order valence-electron chi connectivity index (χ1n) is 5.64. The van der Waals surface area contributed by atoms with E-state index < -0.39 is 0 Å². The van der Waals surface area contributed by atoms with Gasteiger partial charge in [-0.2, -0.15) is 0 Å². The van der Waals surface area contributed by atoms with E-state index in [4.69, 9.17) is 5.73 Å². The Hall–Kier alpha value is -1.51. The Bertz CT molecular complexity index is 372. The lowest BCUT2D eigenvalue weighted by Crippen LogP contribution is -2.16. The fourth-order valence-electron chi connectivity index (χ4n) is 1.72. The maximum Gasteiger partial charge on any atom is 0.219 e. The zero-order valence-corrected chi connectivity index (χ0v) is 10.2. The summed E-state index contributed by atoms with van der Waals surface area (Å²) in [5, 5.41) is 3.29. The second-order valence-electron chi connectivity index (χ2n) is 4.34. The highest BCUT2D eigenvalue weighted by Gasteiger charge is 2.08. The topological polar surface area (TPSA) is 55.1 Å². The average Bonchev–Trinajstić information content (AvgIpc) is 2.19. The Morgan fingerprint density at radius 3 is 2.69 bits per heavy atom. The van der Waals surface area contributed by atoms with Crippen molar-refractivity contribution in [1.82, 2.24) is 0 Å². The summed E-state index contributed by atoms with van der Waals surface area (Å²) >= 11 is 0. The highest BCUT2D eigenvalue weighted by Crippen LogP contribution is 2.27. The van der Waals surface area contributed by atoms with E-state index >= 15 is 0 Å². The van der Waals surface area contributed by atoms with Crippen LogP contribution in [0.1, 0.15) is 37.3 Å². The third-order valence-electron chi connectivity index (χ3n) is 2.60. The molecule has 0 saturated carbocycles. The molecule has 1 amide bonds. The van der Waals surface area contributed by atoms with Crippen molar-refractivity contribution in [2.45, 2.75) is 33.1 Å². The molecule has 0 spiro atoms. The monoisotopic (exact) mass is 220 g/mol. The third kappa shape index (κ3) is 3.26. The number of hydrogen-bond donors (Lipinski definition) is 2. The molecule has 0 aliphatic carbocycles. The van der Waals surface area contributed by atoms with Crippen LogP contribution in [-0.2, 0) is 4.79 Å². The molecule has 0 aliphatic rings. The number of carbonyl (C=O) groups is 1. The molecule has 0 fully saturated rings. The average molecular weight is 220 g/mol. The van der Waals surface area contributed by atoms with Crippen LogP contribution in [-0.4, -0.2) is 12.5 Å². The molecule has 3 heteroatoms. The van der Waals surface area contributed by atoms with E-state index in [1.807, 2.05) is 0 Å². The van der Waals surface area contributed by atoms with Gasteiger partial charge >= 0.3 is 0 Å². The van der Waals surface area contributed by atoms with Crippen LogP contribution in [0, 0.1) is 6.92 Å². The summed E-state index contributed by atoms with van der Waals surface area (Å²) in [4.78, 5) is 10.7. The van der Waals surface area contributed by atoms with Gasteiger partial charge in [-0.25, -0.2) is 0 Å². The first-order chi connectivity index (χ1) is 7.52. The molecule has 0 saturated heterocycles. The van der Waals surface area contributed by atoms with E-state index in [9.17, 15) is 4.79 Å². The van der Waals surface area contributed by atoms with Crippen molar-refractivity contribution in [3.63, 3.8) is 0 Å². The second kappa shape index (κ2) is 5.54. The van der Waals surface area contributed by atoms with Gasteiger partial charge in [0.1, 0.15) is 0 Å². The second-order valence-corrected chi connectivity index (χ2v) is 4.34. The number of nitrogens with two attached hydrogens (primary N) is 1. The Kier molecular flexibility index (Phi) is 4.35. The highest BCUT2D eigenvalue weighted by atomic mass is 16.1. The number of benzene rings is 1. The van der Waals surface area contributed by atoms with Gasteiger partial charge in [-0.1, -0.05) is 32.0 Å². The van der Waals surface area contributed by atoms with Crippen molar-refractivity contribution >= 4 is 11.6 Å². The van der Waals surface area contributed by atoms with Crippen LogP contribution in [0.4, 0.5) is 5.69 Å². The summed E-state index contributed by atoms with van der Waals surface area (Å²) in [6.45, 7) is 6.99. The fourth-order valence-corrected chi connectivity index (χ4v) is 1.72. The minimum Gasteiger partial charge on any atom is -0.384 e. The lowest BCUT2D eigenvalue weighted by Gasteiger charge is -2.16. The molecule has 0 heterocycles. The number of hydrogen-bond acceptors (Lipinski definition) is 2. The molecular formula is C13H20N2O. The fraction of sp³-hybridized carbons (Fsp3) is 0.462. The van der Waals surface area contributed by atoms with E-state index in [1.165, 1.54) is 11.1 Å². The normalized spacial score (nSPS) is 10.5. The number of amides is 1. The smallest absolute Gasteiger partial charge is 0.219 e. The lowest BCUT2D eigenvalue weighted by atomic mass is 9.98. The molecule has 1 rings (SSSR count). The van der Waals surface area contributed by atoms with E-state index in [2.05, 4.69) is 44.3 Å². The predicted molar refractivity (Wildman–Crippen MR) is 67.6 cm³/mol. The van der Waals surface area contributed by atoms with Gasteiger partial charge in [0.15, 0.2) is 0 Å². The van der Waals surface area contributed by atoms with Gasteiger partial charge in [-0.3, -0.25) is 4.79 Å². The molecule has 0 unspecified atom stereocenters. The van der Waals surface area contributed by atoms with Crippen LogP contribution in [0.5, 0.6) is 0 Å². The summed E-state index contributed by atoms with van der Waals surface area (Å²) in [5.74, 6) is 0.197. The highest BCUT2D eigenvalue weighted by molar-refractivity contribution is 5.74. The molecule has 0 aromatic heterocycles. The Balaban J connectivity index is 2.80. The minimum absolute atomic E-state index is 0.271. The Morgan fingerprint density at radius 2 is 2.12 bits per heavy atom. The summed E-state index contributed by atoms with van der Waals surface area (Å²) < 4.78 is 0. The van der Waals surface area contributed by atoms with E-state index in [0.717, 1.165) is 5.69 Å². The van der Waals surface area contributed by atoms with Crippen LogP contribution >= 0.6 is 0 Å². The van der Waals surface area contributed by atoms with Crippen molar-refractivity contribution in [1.29, 1.82) is 0 Å².